The molecule has 106 valence electrons. The molecule has 0 fully saturated rings. The van der Waals surface area contributed by atoms with Gasteiger partial charge in [0.1, 0.15) is 5.75 Å². The lowest BCUT2D eigenvalue weighted by molar-refractivity contribution is 0.101. The maximum atomic E-state index is 11.3. The Hall–Kier alpha value is -0.830. The maximum Gasteiger partial charge on any atom is 0.160 e. The van der Waals surface area contributed by atoms with Crippen molar-refractivity contribution >= 4 is 21.7 Å². The number of rotatable bonds is 8. The monoisotopic (exact) mass is 326 g/mol. The fraction of sp³-hybridized carbons (Fsp3) is 0.562. The number of halogens is 1. The molecular formula is C16H23BrO2. The predicted molar refractivity (Wildman–Crippen MR) is 82.9 cm³/mol. The summed E-state index contributed by atoms with van der Waals surface area (Å²) in [5.74, 6) is 1.51. The number of hydrogen-bond donors (Lipinski definition) is 0. The van der Waals surface area contributed by atoms with Crippen LogP contribution in [0.1, 0.15) is 56.8 Å². The molecule has 1 aromatic rings. The molecule has 0 saturated heterocycles. The fourth-order valence-corrected chi connectivity index (χ4v) is 2.62. The minimum Gasteiger partial charge on any atom is -0.493 e. The Labute approximate surface area is 124 Å². The zero-order chi connectivity index (χ0) is 14.3. The summed E-state index contributed by atoms with van der Waals surface area (Å²) in [6, 6.07) is 5.56. The van der Waals surface area contributed by atoms with Gasteiger partial charge in [0, 0.05) is 10.0 Å². The zero-order valence-corrected chi connectivity index (χ0v) is 13.6. The number of ether oxygens (including phenoxy) is 1. The summed E-state index contributed by atoms with van der Waals surface area (Å²) < 4.78 is 6.64. The normalized spacial score (nSPS) is 12.2. The van der Waals surface area contributed by atoms with Crippen LogP contribution in [0.3, 0.4) is 0 Å². The van der Waals surface area contributed by atoms with E-state index in [2.05, 4.69) is 29.8 Å². The van der Waals surface area contributed by atoms with E-state index in [1.54, 1.807) is 6.92 Å². The van der Waals surface area contributed by atoms with Crippen molar-refractivity contribution in [2.75, 3.05) is 6.61 Å². The van der Waals surface area contributed by atoms with Gasteiger partial charge in [0.15, 0.2) is 5.78 Å². The highest BCUT2D eigenvalue weighted by Crippen LogP contribution is 2.24. The molecule has 0 aliphatic heterocycles. The molecule has 0 saturated carbocycles. The van der Waals surface area contributed by atoms with Crippen molar-refractivity contribution in [1.29, 1.82) is 0 Å². The van der Waals surface area contributed by atoms with Crippen LogP contribution in [-0.2, 0) is 0 Å². The van der Waals surface area contributed by atoms with Crippen LogP contribution in [0.5, 0.6) is 5.75 Å². The second-order valence-electron chi connectivity index (χ2n) is 4.93. The highest BCUT2D eigenvalue weighted by atomic mass is 79.9. The molecule has 1 rings (SSSR count). The van der Waals surface area contributed by atoms with E-state index in [-0.39, 0.29) is 5.78 Å². The van der Waals surface area contributed by atoms with Crippen LogP contribution in [0.15, 0.2) is 22.7 Å². The van der Waals surface area contributed by atoms with Crippen molar-refractivity contribution in [3.05, 3.63) is 28.2 Å². The first-order valence-electron chi connectivity index (χ1n) is 7.01. The molecule has 3 heteroatoms. The molecule has 1 unspecified atom stereocenters. The molecule has 19 heavy (non-hydrogen) atoms. The van der Waals surface area contributed by atoms with Crippen LogP contribution < -0.4 is 4.74 Å². The Bertz CT molecular complexity index is 415. The molecular weight excluding hydrogens is 304 g/mol. The summed E-state index contributed by atoms with van der Waals surface area (Å²) in [5, 5.41) is 0. The average Bonchev–Trinajstić information content (AvgIpc) is 2.38. The third-order valence-corrected chi connectivity index (χ3v) is 4.00. The highest BCUT2D eigenvalue weighted by molar-refractivity contribution is 9.10. The summed E-state index contributed by atoms with van der Waals surface area (Å²) >= 11 is 3.41. The number of carbonyl (C=O) groups excluding carboxylic acids is 1. The number of Topliss-reactive ketones (excluding diaryl/α,β-unsaturated/α-hetero) is 1. The van der Waals surface area contributed by atoms with Crippen molar-refractivity contribution in [2.45, 2.75) is 46.5 Å². The van der Waals surface area contributed by atoms with Gasteiger partial charge in [-0.3, -0.25) is 4.79 Å². The predicted octanol–water partition coefficient (Wildman–Crippen LogP) is 5.25. The lowest BCUT2D eigenvalue weighted by Gasteiger charge is -2.16. The molecule has 0 heterocycles. The van der Waals surface area contributed by atoms with Gasteiger partial charge < -0.3 is 4.74 Å². The average molecular weight is 327 g/mol. The largest absolute Gasteiger partial charge is 0.493 e. The SMILES string of the molecule is CCCCC(CC)COc1ccc(C(C)=O)c(Br)c1. The van der Waals surface area contributed by atoms with Crippen molar-refractivity contribution in [2.24, 2.45) is 5.92 Å². The van der Waals surface area contributed by atoms with Crippen LogP contribution >= 0.6 is 15.9 Å². The van der Waals surface area contributed by atoms with E-state index in [0.717, 1.165) is 23.2 Å². The summed E-state index contributed by atoms with van der Waals surface area (Å²) in [6.45, 7) is 6.74. The Morgan fingerprint density at radius 1 is 1.37 bits per heavy atom. The van der Waals surface area contributed by atoms with E-state index in [1.165, 1.54) is 19.3 Å². The zero-order valence-electron chi connectivity index (χ0n) is 12.0. The summed E-state index contributed by atoms with van der Waals surface area (Å²) in [5.41, 5.74) is 0.699. The quantitative estimate of drug-likeness (QED) is 0.610. The fourth-order valence-electron chi connectivity index (χ4n) is 1.98. The number of hydrogen-bond acceptors (Lipinski definition) is 2. The first-order chi connectivity index (χ1) is 9.08. The lowest BCUT2D eigenvalue weighted by atomic mass is 10.0. The third-order valence-electron chi connectivity index (χ3n) is 3.35. The Morgan fingerprint density at radius 2 is 2.11 bits per heavy atom. The van der Waals surface area contributed by atoms with Gasteiger partial charge >= 0.3 is 0 Å². The highest BCUT2D eigenvalue weighted by Gasteiger charge is 2.09. The number of ketones is 1. The molecule has 0 aliphatic rings. The van der Waals surface area contributed by atoms with E-state index in [0.29, 0.717) is 11.5 Å². The van der Waals surface area contributed by atoms with E-state index in [1.807, 2.05) is 18.2 Å². The van der Waals surface area contributed by atoms with Crippen LogP contribution in [0.25, 0.3) is 0 Å². The van der Waals surface area contributed by atoms with Crippen molar-refractivity contribution in [3.8, 4) is 5.75 Å². The second kappa shape index (κ2) is 8.36. The van der Waals surface area contributed by atoms with Gasteiger partial charge in [-0.1, -0.05) is 33.1 Å². The summed E-state index contributed by atoms with van der Waals surface area (Å²) in [6.07, 6.45) is 4.86. The summed E-state index contributed by atoms with van der Waals surface area (Å²) in [4.78, 5) is 11.3. The first kappa shape index (κ1) is 16.2. The van der Waals surface area contributed by atoms with Crippen LogP contribution in [0.2, 0.25) is 0 Å². The standard InChI is InChI=1S/C16H23BrO2/c1-4-6-7-13(5-2)11-19-14-8-9-15(12(3)18)16(17)10-14/h8-10,13H,4-7,11H2,1-3H3. The maximum absolute atomic E-state index is 11.3. The van der Waals surface area contributed by atoms with E-state index in [4.69, 9.17) is 4.74 Å². The van der Waals surface area contributed by atoms with Crippen LogP contribution in [-0.4, -0.2) is 12.4 Å². The Kier molecular flexibility index (Phi) is 7.14. The van der Waals surface area contributed by atoms with Gasteiger partial charge in [0.25, 0.3) is 0 Å². The van der Waals surface area contributed by atoms with Crippen molar-refractivity contribution < 1.29 is 9.53 Å². The molecule has 0 amide bonds. The van der Waals surface area contributed by atoms with E-state index >= 15 is 0 Å². The number of carbonyl (C=O) groups is 1. The van der Waals surface area contributed by atoms with E-state index < -0.39 is 0 Å². The Balaban J connectivity index is 2.57. The smallest absolute Gasteiger partial charge is 0.160 e. The van der Waals surface area contributed by atoms with Gasteiger partial charge in [-0.25, -0.2) is 0 Å². The first-order valence-corrected chi connectivity index (χ1v) is 7.81. The minimum absolute atomic E-state index is 0.0628. The second-order valence-corrected chi connectivity index (χ2v) is 5.78. The minimum atomic E-state index is 0.0628. The Morgan fingerprint density at radius 3 is 2.63 bits per heavy atom. The number of unbranched alkanes of at least 4 members (excludes halogenated alkanes) is 1. The molecule has 1 atom stereocenters. The molecule has 2 nitrogen and oxygen atoms in total. The topological polar surface area (TPSA) is 26.3 Å². The third kappa shape index (κ3) is 5.35. The molecule has 0 aromatic heterocycles. The summed E-state index contributed by atoms with van der Waals surface area (Å²) in [7, 11) is 0. The molecule has 0 radical (unpaired) electrons. The van der Waals surface area contributed by atoms with E-state index in [9.17, 15) is 4.79 Å². The van der Waals surface area contributed by atoms with Crippen LogP contribution in [0.4, 0.5) is 0 Å². The van der Waals surface area contributed by atoms with Gasteiger partial charge in [0.2, 0.25) is 0 Å². The van der Waals surface area contributed by atoms with Gasteiger partial charge in [-0.15, -0.1) is 0 Å². The van der Waals surface area contributed by atoms with Gasteiger partial charge in [0.05, 0.1) is 6.61 Å². The molecule has 0 bridgehead atoms. The molecule has 0 aliphatic carbocycles. The van der Waals surface area contributed by atoms with Crippen molar-refractivity contribution in [1.82, 2.24) is 0 Å². The lowest BCUT2D eigenvalue weighted by Crippen LogP contribution is -2.11. The van der Waals surface area contributed by atoms with Crippen molar-refractivity contribution in [3.63, 3.8) is 0 Å². The number of benzene rings is 1. The van der Waals surface area contributed by atoms with Gasteiger partial charge in [-0.2, -0.15) is 0 Å². The molecule has 1 aromatic carbocycles. The van der Waals surface area contributed by atoms with Gasteiger partial charge in [-0.05, 0) is 53.4 Å². The van der Waals surface area contributed by atoms with Crippen LogP contribution in [0, 0.1) is 5.92 Å². The molecule has 0 N–H and O–H groups in total. The molecule has 0 spiro atoms.